The van der Waals surface area contributed by atoms with E-state index in [2.05, 4.69) is 5.32 Å². The molecule has 0 radical (unpaired) electrons. The fourth-order valence-corrected chi connectivity index (χ4v) is 5.40. The summed E-state index contributed by atoms with van der Waals surface area (Å²) in [7, 11) is -2.40. The van der Waals surface area contributed by atoms with E-state index in [9.17, 15) is 12.8 Å². The van der Waals surface area contributed by atoms with Crippen LogP contribution in [-0.2, 0) is 16.4 Å². The third-order valence-corrected chi connectivity index (χ3v) is 7.20. The fourth-order valence-electron chi connectivity index (χ4n) is 3.85. The van der Waals surface area contributed by atoms with Crippen molar-refractivity contribution in [1.29, 1.82) is 0 Å². The molecule has 1 saturated heterocycles. The first-order valence-electron chi connectivity index (χ1n) is 9.38. The zero-order valence-corrected chi connectivity index (χ0v) is 16.5. The maximum absolute atomic E-state index is 14.3. The third-order valence-electron chi connectivity index (χ3n) is 5.38. The number of methoxy groups -OCH3 is 1. The molecule has 2 heterocycles. The van der Waals surface area contributed by atoms with E-state index in [1.54, 1.807) is 25.4 Å². The highest BCUT2D eigenvalue weighted by atomic mass is 32.2. The van der Waals surface area contributed by atoms with Crippen molar-refractivity contribution in [2.45, 2.75) is 29.2 Å². The van der Waals surface area contributed by atoms with Gasteiger partial charge in [-0.2, -0.15) is 0 Å². The molecule has 5 nitrogen and oxygen atoms in total. The van der Waals surface area contributed by atoms with Crippen molar-refractivity contribution in [1.82, 2.24) is 9.88 Å². The molecule has 4 rings (SSSR count). The van der Waals surface area contributed by atoms with Crippen molar-refractivity contribution in [2.75, 3.05) is 20.2 Å². The van der Waals surface area contributed by atoms with Crippen molar-refractivity contribution < 1.29 is 17.5 Å². The SMILES string of the molecule is COc1ccc2c(S(=O)(=O)c3ccccc3F)cn(CC3CCNCC3)c2c1. The van der Waals surface area contributed by atoms with Crippen LogP contribution in [0.25, 0.3) is 10.9 Å². The van der Waals surface area contributed by atoms with Crippen molar-refractivity contribution >= 4 is 20.7 Å². The molecule has 7 heteroatoms. The molecular formula is C21H23FN2O3S. The smallest absolute Gasteiger partial charge is 0.211 e. The maximum Gasteiger partial charge on any atom is 0.211 e. The van der Waals surface area contributed by atoms with E-state index in [1.165, 1.54) is 24.3 Å². The van der Waals surface area contributed by atoms with Gasteiger partial charge in [-0.3, -0.25) is 0 Å². The molecule has 148 valence electrons. The number of halogens is 1. The van der Waals surface area contributed by atoms with E-state index < -0.39 is 15.7 Å². The minimum absolute atomic E-state index is 0.129. The summed E-state index contributed by atoms with van der Waals surface area (Å²) in [6.45, 7) is 2.65. The Bertz CT molecular complexity index is 1100. The Balaban J connectivity index is 1.85. The predicted octanol–water partition coefficient (Wildman–Crippen LogP) is 3.62. The highest BCUT2D eigenvalue weighted by molar-refractivity contribution is 7.91. The van der Waals surface area contributed by atoms with E-state index in [4.69, 9.17) is 4.74 Å². The summed E-state index contributed by atoms with van der Waals surface area (Å²) in [6, 6.07) is 10.8. The largest absolute Gasteiger partial charge is 0.497 e. The van der Waals surface area contributed by atoms with Gasteiger partial charge in [-0.15, -0.1) is 0 Å². The number of sulfone groups is 1. The van der Waals surface area contributed by atoms with Crippen LogP contribution in [0.2, 0.25) is 0 Å². The van der Waals surface area contributed by atoms with Crippen LogP contribution >= 0.6 is 0 Å². The summed E-state index contributed by atoms with van der Waals surface area (Å²) in [4.78, 5) is -0.170. The number of fused-ring (bicyclic) bond motifs is 1. The monoisotopic (exact) mass is 402 g/mol. The molecule has 1 aromatic heterocycles. The summed E-state index contributed by atoms with van der Waals surface area (Å²) < 4.78 is 48.0. The van der Waals surface area contributed by atoms with Crippen LogP contribution in [-0.4, -0.2) is 33.2 Å². The predicted molar refractivity (Wildman–Crippen MR) is 106 cm³/mol. The Morgan fingerprint density at radius 2 is 1.89 bits per heavy atom. The van der Waals surface area contributed by atoms with Gasteiger partial charge in [0.15, 0.2) is 0 Å². The number of benzene rings is 2. The standard InChI is InChI=1S/C21H23FN2O3S/c1-27-16-6-7-17-19(12-16)24(13-15-8-10-23-11-9-15)14-21(17)28(25,26)20-5-3-2-4-18(20)22/h2-7,12,14-15,23H,8-11,13H2,1H3. The van der Waals surface area contributed by atoms with Crippen LogP contribution in [0.15, 0.2) is 58.5 Å². The summed E-state index contributed by atoms with van der Waals surface area (Å²) in [5, 5.41) is 3.93. The van der Waals surface area contributed by atoms with E-state index in [-0.39, 0.29) is 9.79 Å². The van der Waals surface area contributed by atoms with E-state index >= 15 is 0 Å². The quantitative estimate of drug-likeness (QED) is 0.708. The molecule has 0 unspecified atom stereocenters. The third kappa shape index (κ3) is 3.40. The summed E-state index contributed by atoms with van der Waals surface area (Å²) >= 11 is 0. The van der Waals surface area contributed by atoms with Crippen LogP contribution < -0.4 is 10.1 Å². The average molecular weight is 402 g/mol. The lowest BCUT2D eigenvalue weighted by Crippen LogP contribution is -2.29. The van der Waals surface area contributed by atoms with Gasteiger partial charge in [0, 0.05) is 24.2 Å². The van der Waals surface area contributed by atoms with Crippen LogP contribution in [0.3, 0.4) is 0 Å². The Labute approximate surface area is 164 Å². The molecule has 2 aromatic carbocycles. The minimum atomic E-state index is -3.98. The van der Waals surface area contributed by atoms with Crippen molar-refractivity contribution in [2.24, 2.45) is 5.92 Å². The molecule has 0 saturated carbocycles. The molecule has 1 N–H and O–H groups in total. The number of ether oxygens (including phenoxy) is 1. The Morgan fingerprint density at radius 3 is 2.61 bits per heavy atom. The van der Waals surface area contributed by atoms with Crippen LogP contribution in [0.4, 0.5) is 4.39 Å². The van der Waals surface area contributed by atoms with Gasteiger partial charge in [-0.05, 0) is 56.1 Å². The number of hydrogen-bond acceptors (Lipinski definition) is 4. The van der Waals surface area contributed by atoms with E-state index in [0.717, 1.165) is 38.0 Å². The van der Waals surface area contributed by atoms with Gasteiger partial charge in [0.2, 0.25) is 9.84 Å². The Morgan fingerprint density at radius 1 is 1.14 bits per heavy atom. The van der Waals surface area contributed by atoms with Gasteiger partial charge in [-0.25, -0.2) is 12.8 Å². The molecule has 1 aliphatic rings. The summed E-state index contributed by atoms with van der Waals surface area (Å²) in [5.41, 5.74) is 0.785. The van der Waals surface area contributed by atoms with Gasteiger partial charge in [0.1, 0.15) is 16.5 Å². The molecule has 3 aromatic rings. The second-order valence-electron chi connectivity index (χ2n) is 7.16. The molecular weight excluding hydrogens is 379 g/mol. The summed E-state index contributed by atoms with van der Waals surface area (Å²) in [5.74, 6) is 0.384. The molecule has 1 aliphatic heterocycles. The van der Waals surface area contributed by atoms with Crippen molar-refractivity contribution in [3.05, 3.63) is 54.5 Å². The van der Waals surface area contributed by atoms with Crippen LogP contribution in [0.1, 0.15) is 12.8 Å². The fraction of sp³-hybridized carbons (Fsp3) is 0.333. The molecule has 28 heavy (non-hydrogen) atoms. The van der Waals surface area contributed by atoms with Crippen LogP contribution in [0.5, 0.6) is 5.75 Å². The van der Waals surface area contributed by atoms with Crippen LogP contribution in [0, 0.1) is 11.7 Å². The van der Waals surface area contributed by atoms with Gasteiger partial charge < -0.3 is 14.6 Å². The molecule has 0 bridgehead atoms. The molecule has 0 amide bonds. The van der Waals surface area contributed by atoms with E-state index in [0.29, 0.717) is 17.1 Å². The highest BCUT2D eigenvalue weighted by Crippen LogP contribution is 2.34. The number of aromatic nitrogens is 1. The lowest BCUT2D eigenvalue weighted by molar-refractivity contribution is 0.336. The molecule has 1 fully saturated rings. The first-order valence-corrected chi connectivity index (χ1v) is 10.9. The first-order chi connectivity index (χ1) is 13.5. The van der Waals surface area contributed by atoms with Gasteiger partial charge >= 0.3 is 0 Å². The summed E-state index contributed by atoms with van der Waals surface area (Å²) in [6.07, 6.45) is 3.73. The number of nitrogens with one attached hydrogen (secondary N) is 1. The normalized spacial score (nSPS) is 15.8. The van der Waals surface area contributed by atoms with Gasteiger partial charge in [0.05, 0.1) is 17.5 Å². The Kier molecular flexibility index (Phi) is 5.12. The minimum Gasteiger partial charge on any atom is -0.497 e. The van der Waals surface area contributed by atoms with Gasteiger partial charge in [-0.1, -0.05) is 12.1 Å². The number of rotatable bonds is 5. The number of hydrogen-bond donors (Lipinski definition) is 1. The molecule has 0 spiro atoms. The van der Waals surface area contributed by atoms with E-state index in [1.807, 2.05) is 10.6 Å². The van der Waals surface area contributed by atoms with Crippen molar-refractivity contribution in [3.63, 3.8) is 0 Å². The average Bonchev–Trinajstić information content (AvgIpc) is 3.07. The molecule has 0 atom stereocenters. The Hall–Kier alpha value is -2.38. The topological polar surface area (TPSA) is 60.3 Å². The maximum atomic E-state index is 14.3. The second kappa shape index (κ2) is 7.56. The second-order valence-corrected chi connectivity index (χ2v) is 9.04. The molecule has 0 aliphatic carbocycles. The number of nitrogens with zero attached hydrogens (tertiary/aromatic N) is 1. The van der Waals surface area contributed by atoms with Crippen molar-refractivity contribution in [3.8, 4) is 5.75 Å². The zero-order chi connectivity index (χ0) is 19.7. The zero-order valence-electron chi connectivity index (χ0n) is 15.7. The highest BCUT2D eigenvalue weighted by Gasteiger charge is 2.27. The first kappa shape index (κ1) is 19.0. The van der Waals surface area contributed by atoms with Gasteiger partial charge in [0.25, 0.3) is 0 Å². The lowest BCUT2D eigenvalue weighted by atomic mass is 9.98. The number of piperidine rings is 1. The lowest BCUT2D eigenvalue weighted by Gasteiger charge is -2.23.